The van der Waals surface area contributed by atoms with Crippen LogP contribution in [0.3, 0.4) is 0 Å². The number of imide groups is 1. The molecule has 2 amide bonds. The first kappa shape index (κ1) is 14.2. The minimum Gasteiger partial charge on any atom is -0.497 e. The van der Waals surface area contributed by atoms with Crippen LogP contribution in [-0.4, -0.2) is 18.9 Å². The van der Waals surface area contributed by atoms with Crippen LogP contribution in [0, 0.1) is 0 Å². The fourth-order valence-electron chi connectivity index (χ4n) is 4.00. The Morgan fingerprint density at radius 1 is 0.840 bits per heavy atom. The molecule has 0 fully saturated rings. The van der Waals surface area contributed by atoms with E-state index in [-0.39, 0.29) is 11.8 Å². The molecule has 0 N–H and O–H groups in total. The lowest BCUT2D eigenvalue weighted by Crippen LogP contribution is -2.40. The van der Waals surface area contributed by atoms with Crippen LogP contribution in [0.25, 0.3) is 10.8 Å². The average molecular weight is 329 g/mol. The number of aryl methyl sites for hydroxylation is 2. The number of rotatable bonds is 2. The molecule has 1 heterocycles. The van der Waals surface area contributed by atoms with Crippen molar-refractivity contribution in [2.24, 2.45) is 0 Å². The zero-order valence-electron chi connectivity index (χ0n) is 13.7. The summed E-state index contributed by atoms with van der Waals surface area (Å²) in [5.74, 6) is 0.0559. The molecule has 0 radical (unpaired) electrons. The van der Waals surface area contributed by atoms with E-state index in [2.05, 4.69) is 0 Å². The van der Waals surface area contributed by atoms with Crippen molar-refractivity contribution >= 4 is 28.3 Å². The van der Waals surface area contributed by atoms with Crippen LogP contribution >= 0.6 is 0 Å². The molecule has 0 spiro atoms. The molecule has 0 saturated heterocycles. The Kier molecular flexibility index (Phi) is 2.80. The smallest absolute Gasteiger partial charge is 0.265 e. The van der Waals surface area contributed by atoms with Crippen LogP contribution < -0.4 is 9.64 Å². The van der Waals surface area contributed by atoms with Crippen molar-refractivity contribution in [3.05, 3.63) is 70.8 Å². The maximum absolute atomic E-state index is 13.1. The van der Waals surface area contributed by atoms with E-state index in [1.807, 2.05) is 24.3 Å². The number of carbonyl (C=O) groups is 2. The third-order valence-electron chi connectivity index (χ3n) is 5.18. The Bertz CT molecular complexity index is 1030. The van der Waals surface area contributed by atoms with Gasteiger partial charge in [0, 0.05) is 22.6 Å². The van der Waals surface area contributed by atoms with Gasteiger partial charge in [-0.05, 0) is 53.6 Å². The molecule has 2 aliphatic rings. The van der Waals surface area contributed by atoms with Crippen LogP contribution in [0.5, 0.6) is 5.75 Å². The fourth-order valence-corrected chi connectivity index (χ4v) is 4.00. The van der Waals surface area contributed by atoms with Gasteiger partial charge in [-0.15, -0.1) is 0 Å². The molecule has 4 heteroatoms. The van der Waals surface area contributed by atoms with Crippen molar-refractivity contribution in [1.82, 2.24) is 0 Å². The lowest BCUT2D eigenvalue weighted by atomic mass is 9.91. The van der Waals surface area contributed by atoms with Gasteiger partial charge in [0.2, 0.25) is 0 Å². The normalized spacial score (nSPS) is 15.2. The van der Waals surface area contributed by atoms with Crippen LogP contribution in [0.4, 0.5) is 5.69 Å². The summed E-state index contributed by atoms with van der Waals surface area (Å²) < 4.78 is 5.23. The molecule has 25 heavy (non-hydrogen) atoms. The molecule has 3 aromatic carbocycles. The highest BCUT2D eigenvalue weighted by Gasteiger charge is 2.35. The van der Waals surface area contributed by atoms with Crippen molar-refractivity contribution in [1.29, 1.82) is 0 Å². The number of benzene rings is 3. The van der Waals surface area contributed by atoms with Crippen LogP contribution in [0.15, 0.2) is 48.5 Å². The van der Waals surface area contributed by atoms with E-state index in [9.17, 15) is 9.59 Å². The van der Waals surface area contributed by atoms with Crippen LogP contribution in [0.1, 0.15) is 31.8 Å². The van der Waals surface area contributed by atoms with E-state index in [1.54, 1.807) is 31.4 Å². The summed E-state index contributed by atoms with van der Waals surface area (Å²) in [4.78, 5) is 27.5. The van der Waals surface area contributed by atoms with Gasteiger partial charge in [0.25, 0.3) is 11.8 Å². The molecule has 0 unspecified atom stereocenters. The molecule has 1 aliphatic carbocycles. The van der Waals surface area contributed by atoms with Crippen LogP contribution in [0.2, 0.25) is 0 Å². The molecule has 1 aliphatic heterocycles. The van der Waals surface area contributed by atoms with Crippen molar-refractivity contribution in [3.8, 4) is 5.75 Å². The summed E-state index contributed by atoms with van der Waals surface area (Å²) in [6, 6.07) is 14.8. The van der Waals surface area contributed by atoms with Crippen molar-refractivity contribution < 1.29 is 14.3 Å². The Balaban J connectivity index is 1.77. The topological polar surface area (TPSA) is 46.6 Å². The number of nitrogens with zero attached hydrogens (tertiary/aromatic N) is 1. The summed E-state index contributed by atoms with van der Waals surface area (Å²) in [6.07, 6.45) is 1.94. The summed E-state index contributed by atoms with van der Waals surface area (Å²) in [7, 11) is 1.56. The second-order valence-corrected chi connectivity index (χ2v) is 6.44. The fraction of sp³-hybridized carbons (Fsp3) is 0.143. The van der Waals surface area contributed by atoms with Crippen LogP contribution in [-0.2, 0) is 12.8 Å². The SMILES string of the molecule is COc1cccc(N2C(=O)c3ccc4c5c(ccc(c35)C2=O)CC4)c1. The summed E-state index contributed by atoms with van der Waals surface area (Å²) >= 11 is 0. The Labute approximate surface area is 144 Å². The Morgan fingerprint density at radius 3 is 2.08 bits per heavy atom. The lowest BCUT2D eigenvalue weighted by molar-refractivity contribution is 0.0893. The van der Waals surface area contributed by atoms with Crippen molar-refractivity contribution in [2.45, 2.75) is 12.8 Å². The highest BCUT2D eigenvalue weighted by atomic mass is 16.5. The summed E-state index contributed by atoms with van der Waals surface area (Å²) in [6.45, 7) is 0. The Morgan fingerprint density at radius 2 is 1.48 bits per heavy atom. The third kappa shape index (κ3) is 1.82. The van der Waals surface area contributed by atoms with Gasteiger partial charge in [0.05, 0.1) is 12.8 Å². The number of amides is 2. The second-order valence-electron chi connectivity index (χ2n) is 6.44. The molecule has 0 saturated carbocycles. The molecule has 0 aromatic heterocycles. The molecular weight excluding hydrogens is 314 g/mol. The standard InChI is InChI=1S/C21H15NO3/c1-25-15-4-2-3-14(11-15)22-20(23)16-9-7-12-5-6-13-8-10-17(21(22)24)19(16)18(12)13/h2-4,7-11H,5-6H2,1H3. The van der Waals surface area contributed by atoms with E-state index in [1.165, 1.54) is 16.0 Å². The predicted octanol–water partition coefficient (Wildman–Crippen LogP) is 3.75. The van der Waals surface area contributed by atoms with Gasteiger partial charge in [0.15, 0.2) is 0 Å². The van der Waals surface area contributed by atoms with Gasteiger partial charge in [-0.1, -0.05) is 18.2 Å². The van der Waals surface area contributed by atoms with Gasteiger partial charge in [-0.2, -0.15) is 0 Å². The first-order valence-corrected chi connectivity index (χ1v) is 8.29. The number of hydrogen-bond acceptors (Lipinski definition) is 3. The maximum Gasteiger partial charge on any atom is 0.265 e. The minimum atomic E-state index is -0.277. The van der Waals surface area contributed by atoms with E-state index in [4.69, 9.17) is 4.74 Å². The largest absolute Gasteiger partial charge is 0.497 e. The highest BCUT2D eigenvalue weighted by Crippen LogP contribution is 2.39. The highest BCUT2D eigenvalue weighted by molar-refractivity contribution is 6.36. The van der Waals surface area contributed by atoms with Gasteiger partial charge in [-0.25, -0.2) is 4.90 Å². The van der Waals surface area contributed by atoms with Gasteiger partial charge >= 0.3 is 0 Å². The minimum absolute atomic E-state index is 0.277. The van der Waals surface area contributed by atoms with E-state index >= 15 is 0 Å². The number of hydrogen-bond donors (Lipinski definition) is 0. The number of anilines is 1. The van der Waals surface area contributed by atoms with E-state index < -0.39 is 0 Å². The van der Waals surface area contributed by atoms with Crippen molar-refractivity contribution in [2.75, 3.05) is 12.0 Å². The monoisotopic (exact) mass is 329 g/mol. The molecule has 3 aromatic rings. The lowest BCUT2D eigenvalue weighted by Gasteiger charge is -2.28. The number of methoxy groups -OCH3 is 1. The predicted molar refractivity (Wildman–Crippen MR) is 95.5 cm³/mol. The third-order valence-corrected chi connectivity index (χ3v) is 5.18. The van der Waals surface area contributed by atoms with E-state index in [0.29, 0.717) is 22.6 Å². The van der Waals surface area contributed by atoms with E-state index in [0.717, 1.165) is 23.6 Å². The van der Waals surface area contributed by atoms with Gasteiger partial charge in [-0.3, -0.25) is 9.59 Å². The van der Waals surface area contributed by atoms with Gasteiger partial charge < -0.3 is 4.74 Å². The molecule has 122 valence electrons. The quantitative estimate of drug-likeness (QED) is 0.673. The molecular formula is C21H15NO3. The second kappa shape index (κ2) is 4.93. The molecule has 4 nitrogen and oxygen atoms in total. The first-order chi connectivity index (χ1) is 12.2. The Hall–Kier alpha value is -3.14. The number of carbonyl (C=O) groups excluding carboxylic acids is 2. The summed E-state index contributed by atoms with van der Waals surface area (Å²) in [5, 5.41) is 1.92. The molecule has 0 atom stereocenters. The maximum atomic E-state index is 13.1. The molecule has 0 bridgehead atoms. The number of ether oxygens (including phenoxy) is 1. The zero-order chi connectivity index (χ0) is 17.1. The summed E-state index contributed by atoms with van der Waals surface area (Å²) in [5.41, 5.74) is 4.17. The molecule has 5 rings (SSSR count). The van der Waals surface area contributed by atoms with Gasteiger partial charge in [0.1, 0.15) is 5.75 Å². The first-order valence-electron chi connectivity index (χ1n) is 8.29. The van der Waals surface area contributed by atoms with Crippen molar-refractivity contribution in [3.63, 3.8) is 0 Å². The average Bonchev–Trinajstić information content (AvgIpc) is 3.07. The zero-order valence-corrected chi connectivity index (χ0v) is 13.7.